The van der Waals surface area contributed by atoms with Gasteiger partial charge in [-0.25, -0.2) is 17.2 Å². The van der Waals surface area contributed by atoms with E-state index in [0.717, 1.165) is 24.3 Å². The number of morpholine rings is 1. The summed E-state index contributed by atoms with van der Waals surface area (Å²) in [6.07, 6.45) is -4.38. The highest BCUT2D eigenvalue weighted by atomic mass is 32.2. The third kappa shape index (κ3) is 5.15. The van der Waals surface area contributed by atoms with Crippen LogP contribution in [0.1, 0.15) is 17.7 Å². The van der Waals surface area contributed by atoms with Crippen LogP contribution in [0.4, 0.5) is 27.6 Å². The van der Waals surface area contributed by atoms with E-state index in [2.05, 4.69) is 9.68 Å². The summed E-state index contributed by atoms with van der Waals surface area (Å²) in [6.45, 7) is -0.507. The molecule has 0 saturated carbocycles. The van der Waals surface area contributed by atoms with Crippen molar-refractivity contribution in [3.05, 3.63) is 65.6 Å². The second-order valence-electron chi connectivity index (χ2n) is 9.24. The SMILES string of the molecule is COc1cc(-c2cccc(C(F)(F)F)c2F)c(F)cc1N1C(=O)CO[C@@H]2CN(S(=O)(=O)Cc3ccon3)CC[C@H]21. The maximum Gasteiger partial charge on any atom is 0.419 e. The summed E-state index contributed by atoms with van der Waals surface area (Å²) in [7, 11) is -2.59. The molecule has 2 fully saturated rings. The summed E-state index contributed by atoms with van der Waals surface area (Å²) >= 11 is 0. The first kappa shape index (κ1) is 28.0. The fourth-order valence-corrected chi connectivity index (χ4v) is 6.45. The topological polar surface area (TPSA) is 102 Å². The zero-order chi connectivity index (χ0) is 28.8. The molecule has 2 saturated heterocycles. The summed E-state index contributed by atoms with van der Waals surface area (Å²) in [5, 5.41) is 3.62. The number of aromatic nitrogens is 1. The van der Waals surface area contributed by atoms with E-state index in [4.69, 9.17) is 9.47 Å². The zero-order valence-electron chi connectivity index (χ0n) is 20.8. The van der Waals surface area contributed by atoms with Gasteiger partial charge in [0, 0.05) is 36.3 Å². The number of hydrogen-bond donors (Lipinski definition) is 0. The molecule has 2 atom stereocenters. The molecule has 3 aromatic rings. The number of sulfonamides is 1. The first-order valence-corrected chi connectivity index (χ1v) is 13.6. The maximum absolute atomic E-state index is 15.4. The minimum Gasteiger partial charge on any atom is -0.495 e. The van der Waals surface area contributed by atoms with Crippen LogP contribution in [-0.2, 0) is 31.5 Å². The van der Waals surface area contributed by atoms with Crippen LogP contribution in [0.25, 0.3) is 11.1 Å². The largest absolute Gasteiger partial charge is 0.495 e. The van der Waals surface area contributed by atoms with Gasteiger partial charge in [-0.3, -0.25) is 4.79 Å². The van der Waals surface area contributed by atoms with Gasteiger partial charge in [-0.05, 0) is 18.6 Å². The second-order valence-corrected chi connectivity index (χ2v) is 11.2. The van der Waals surface area contributed by atoms with Gasteiger partial charge in [0.1, 0.15) is 36.0 Å². The molecule has 0 N–H and O–H groups in total. The number of rotatable bonds is 6. The Kier molecular flexibility index (Phi) is 7.31. The summed E-state index contributed by atoms with van der Waals surface area (Å²) in [5.74, 6) is -3.78. The molecule has 1 aromatic heterocycles. The van der Waals surface area contributed by atoms with Crippen molar-refractivity contribution in [3.63, 3.8) is 0 Å². The van der Waals surface area contributed by atoms with Crippen LogP contribution < -0.4 is 9.64 Å². The van der Waals surface area contributed by atoms with E-state index >= 15 is 4.39 Å². The molecule has 3 heterocycles. The summed E-state index contributed by atoms with van der Waals surface area (Å²) in [6, 6.07) is 5.16. The molecule has 2 aliphatic rings. The van der Waals surface area contributed by atoms with E-state index < -0.39 is 74.9 Å². The summed E-state index contributed by atoms with van der Waals surface area (Å²) in [4.78, 5) is 14.2. The van der Waals surface area contributed by atoms with Crippen molar-refractivity contribution in [1.29, 1.82) is 0 Å². The number of piperidine rings is 1. The predicted octanol–water partition coefficient (Wildman–Crippen LogP) is 3.98. The second kappa shape index (κ2) is 10.4. The van der Waals surface area contributed by atoms with Crippen molar-refractivity contribution < 1.29 is 49.2 Å². The number of anilines is 1. The standard InChI is InChI=1S/C25H22F5N3O6S/c1-37-21-9-16(15-3-2-4-17(24(15)27)25(28,29)30)18(26)10-20(21)33-19-5-7-32(11-22(19)38-12-23(33)34)40(35,36)13-14-6-8-39-31-14/h2-4,6,8-10,19,22H,5,7,11-13H2,1H3/t19-,22-/m1/s1. The monoisotopic (exact) mass is 587 g/mol. The zero-order valence-corrected chi connectivity index (χ0v) is 21.6. The van der Waals surface area contributed by atoms with E-state index in [9.17, 15) is 30.8 Å². The molecule has 0 unspecified atom stereocenters. The Hall–Kier alpha value is -3.56. The lowest BCUT2D eigenvalue weighted by molar-refractivity contribution is -0.140. The highest BCUT2D eigenvalue weighted by Gasteiger charge is 2.45. The molecule has 0 bridgehead atoms. The lowest BCUT2D eigenvalue weighted by Gasteiger charge is -2.46. The first-order chi connectivity index (χ1) is 18.9. The Bertz CT molecular complexity index is 1530. The average Bonchev–Trinajstić information content (AvgIpc) is 3.40. The van der Waals surface area contributed by atoms with Gasteiger partial charge >= 0.3 is 6.18 Å². The van der Waals surface area contributed by atoms with Crippen LogP contribution in [0.2, 0.25) is 0 Å². The first-order valence-electron chi connectivity index (χ1n) is 11.9. The highest BCUT2D eigenvalue weighted by molar-refractivity contribution is 7.88. The number of nitrogens with zero attached hydrogens (tertiary/aromatic N) is 3. The van der Waals surface area contributed by atoms with Crippen LogP contribution in [0.15, 0.2) is 47.2 Å². The highest BCUT2D eigenvalue weighted by Crippen LogP contribution is 2.42. The van der Waals surface area contributed by atoms with Crippen LogP contribution in [0, 0.1) is 11.6 Å². The van der Waals surface area contributed by atoms with Gasteiger partial charge in [0.2, 0.25) is 10.0 Å². The fraction of sp³-hybridized carbons (Fsp3) is 0.360. The van der Waals surface area contributed by atoms with Gasteiger partial charge in [-0.15, -0.1) is 0 Å². The molecule has 214 valence electrons. The van der Waals surface area contributed by atoms with Crippen LogP contribution in [0.3, 0.4) is 0 Å². The fourth-order valence-electron chi connectivity index (χ4n) is 4.98. The predicted molar refractivity (Wildman–Crippen MR) is 130 cm³/mol. The van der Waals surface area contributed by atoms with Crippen molar-refractivity contribution in [1.82, 2.24) is 9.46 Å². The average molecular weight is 588 g/mol. The lowest BCUT2D eigenvalue weighted by Crippen LogP contribution is -2.62. The third-order valence-corrected chi connectivity index (χ3v) is 8.62. The smallest absolute Gasteiger partial charge is 0.419 e. The number of methoxy groups -OCH3 is 1. The number of carbonyl (C=O) groups is 1. The normalized spacial score (nSPS) is 20.4. The molecule has 0 spiro atoms. The molecular formula is C25H22F5N3O6S. The molecule has 2 aromatic carbocycles. The van der Waals surface area contributed by atoms with E-state index in [0.29, 0.717) is 6.07 Å². The molecule has 1 amide bonds. The third-order valence-electron chi connectivity index (χ3n) is 6.85. The Balaban J connectivity index is 1.46. The van der Waals surface area contributed by atoms with Gasteiger partial charge in [-0.1, -0.05) is 17.3 Å². The quantitative estimate of drug-likeness (QED) is 0.402. The minimum atomic E-state index is -4.99. The number of halogens is 5. The van der Waals surface area contributed by atoms with Crippen molar-refractivity contribution in [2.75, 3.05) is 31.7 Å². The van der Waals surface area contributed by atoms with Gasteiger partial charge in [0.25, 0.3) is 5.91 Å². The Morgan fingerprint density at radius 1 is 1.15 bits per heavy atom. The number of ether oxygens (including phenoxy) is 2. The number of amides is 1. The summed E-state index contributed by atoms with van der Waals surface area (Å²) < 4.78 is 113. The molecule has 0 radical (unpaired) electrons. The molecular weight excluding hydrogens is 565 g/mol. The molecule has 5 rings (SSSR count). The van der Waals surface area contributed by atoms with Crippen LogP contribution >= 0.6 is 0 Å². The molecule has 2 aliphatic heterocycles. The maximum atomic E-state index is 15.4. The number of alkyl halides is 3. The molecule has 40 heavy (non-hydrogen) atoms. The van der Waals surface area contributed by atoms with E-state index in [1.807, 2.05) is 0 Å². The van der Waals surface area contributed by atoms with Crippen LogP contribution in [0.5, 0.6) is 5.75 Å². The Morgan fingerprint density at radius 3 is 2.60 bits per heavy atom. The van der Waals surface area contributed by atoms with E-state index in [-0.39, 0.29) is 36.6 Å². The number of carbonyl (C=O) groups excluding carboxylic acids is 1. The Labute approximate surface area is 225 Å². The minimum absolute atomic E-state index is 0.0207. The van der Waals surface area contributed by atoms with Crippen molar-refractivity contribution >= 4 is 21.6 Å². The van der Waals surface area contributed by atoms with Gasteiger partial charge in [0.15, 0.2) is 0 Å². The van der Waals surface area contributed by atoms with Crippen LogP contribution in [-0.4, -0.2) is 62.7 Å². The lowest BCUT2D eigenvalue weighted by atomic mass is 9.96. The molecule has 15 heteroatoms. The van der Waals surface area contributed by atoms with Gasteiger partial charge in [0.05, 0.1) is 36.2 Å². The van der Waals surface area contributed by atoms with Crippen molar-refractivity contribution in [2.45, 2.75) is 30.5 Å². The molecule has 9 nitrogen and oxygen atoms in total. The summed E-state index contributed by atoms with van der Waals surface area (Å²) in [5.41, 5.74) is -2.49. The van der Waals surface area contributed by atoms with Crippen molar-refractivity contribution in [3.8, 4) is 16.9 Å². The van der Waals surface area contributed by atoms with Crippen molar-refractivity contribution in [2.24, 2.45) is 0 Å². The van der Waals surface area contributed by atoms with Gasteiger partial charge < -0.3 is 18.9 Å². The van der Waals surface area contributed by atoms with Gasteiger partial charge in [-0.2, -0.15) is 17.5 Å². The van der Waals surface area contributed by atoms with E-state index in [1.54, 1.807) is 0 Å². The van der Waals surface area contributed by atoms with E-state index in [1.165, 1.54) is 28.6 Å². The number of hydrogen-bond acceptors (Lipinski definition) is 7. The Morgan fingerprint density at radius 2 is 1.93 bits per heavy atom. The molecule has 0 aliphatic carbocycles. The number of fused-ring (bicyclic) bond motifs is 1. The number of benzene rings is 2.